The van der Waals surface area contributed by atoms with Crippen molar-refractivity contribution in [1.29, 1.82) is 0 Å². The van der Waals surface area contributed by atoms with E-state index in [1.54, 1.807) is 0 Å². The van der Waals surface area contributed by atoms with Gasteiger partial charge in [0.15, 0.2) is 50.3 Å². The van der Waals surface area contributed by atoms with Gasteiger partial charge in [-0.3, -0.25) is 0 Å². The molecule has 8 aliphatic heterocycles. The minimum atomic E-state index is -1.86. The predicted molar refractivity (Wildman–Crippen MR) is 495 cm³/mol. The molecule has 44 heteroatoms. The van der Waals surface area contributed by atoms with Gasteiger partial charge in [-0.1, -0.05) is 112 Å². The number of rotatable bonds is 38. The molecule has 0 bridgehead atoms. The van der Waals surface area contributed by atoms with E-state index in [1.165, 1.54) is 0 Å². The molecule has 60 atom stereocenters. The number of hydrogen-bond donors (Lipinski definition) is 28. The molecule has 0 amide bonds. The molecular weight excluding hydrogens is 1920 g/mol. The zero-order chi connectivity index (χ0) is 104. The lowest BCUT2D eigenvalue weighted by molar-refractivity contribution is -0.370. The first-order valence-corrected chi connectivity index (χ1v) is 54.1. The van der Waals surface area contributed by atoms with Crippen molar-refractivity contribution in [2.45, 2.75) is 485 Å². The van der Waals surface area contributed by atoms with E-state index in [1.807, 2.05) is 0 Å². The quantitative estimate of drug-likeness (QED) is 0.0204. The smallest absolute Gasteiger partial charge is 0.187 e. The molecule has 36 unspecified atom stereocenters. The summed E-state index contributed by atoms with van der Waals surface area (Å²) in [4.78, 5) is 0. The summed E-state index contributed by atoms with van der Waals surface area (Å²) in [6.45, 7) is 7.99. The molecule has 0 spiro atoms. The molecule has 8 heterocycles. The van der Waals surface area contributed by atoms with Gasteiger partial charge >= 0.3 is 0 Å². The van der Waals surface area contributed by atoms with Crippen molar-refractivity contribution in [3.63, 3.8) is 0 Å². The summed E-state index contributed by atoms with van der Waals surface area (Å²) in [5.74, 6) is 1.99. The van der Waals surface area contributed by atoms with Crippen LogP contribution in [0.25, 0.3) is 0 Å². The van der Waals surface area contributed by atoms with Crippen molar-refractivity contribution in [2.75, 3.05) is 52.9 Å². The molecule has 8 aliphatic carbocycles. The largest absolute Gasteiger partial charge is 0.394 e. The Morgan fingerprint density at radius 2 is 0.469 bits per heavy atom. The highest BCUT2D eigenvalue weighted by Crippen LogP contribution is 2.72. The van der Waals surface area contributed by atoms with E-state index in [0.29, 0.717) is 51.4 Å². The summed E-state index contributed by atoms with van der Waals surface area (Å²) in [6, 6.07) is 0. The second-order valence-corrected chi connectivity index (χ2v) is 46.9. The van der Waals surface area contributed by atoms with Crippen molar-refractivity contribution in [2.24, 2.45) is 92.7 Å². The SMILES string of the molecule is CC(CCCCCCCCCCCC(C)C1CCC2C3CCC4CC(O[C@@H]5OC(CO)[C@@H](O[C@H]6OC(CO)[C@@H](O)C(O)[C@@H]6O)C(O)[C@@H]5O)CCC4(C)C3CC(O[C@@H]3OC(CO)[C@@H](O[C@H]4OC(CO)[C@@H](O)C(O)[C@@H]4O)C(O)[C@@H]3O)C12C)C1CCC2C3CCC4CC(O[C@H]5OC(CO)[C@H](O[C@@H]6OC(CO)[C@H](O)C(O)[C@H]6O)C(O)[C@H]5O)CCC4(C)C3CC(O[C@H]3OC(CO)[C@H](O[C@@H]4OC(CO)[C@H](O)C(O)[C@H]4O)C(O)[C@H]3O)C12C. The minimum absolute atomic E-state index is 0.0765. The lowest BCUT2D eigenvalue weighted by Crippen LogP contribution is -2.66. The fraction of sp³-hybridized carbons (Fsp3) is 1.00. The van der Waals surface area contributed by atoms with Crippen LogP contribution in [0.4, 0.5) is 0 Å². The van der Waals surface area contributed by atoms with Gasteiger partial charge < -0.3 is 219 Å². The third kappa shape index (κ3) is 22.5. The van der Waals surface area contributed by atoms with Crippen LogP contribution in [0.15, 0.2) is 0 Å². The second-order valence-electron chi connectivity index (χ2n) is 46.9. The van der Waals surface area contributed by atoms with Gasteiger partial charge in [0.2, 0.25) is 0 Å². The first-order chi connectivity index (χ1) is 69.1. The van der Waals surface area contributed by atoms with Crippen LogP contribution in [-0.2, 0) is 75.8 Å². The van der Waals surface area contributed by atoms with E-state index in [4.69, 9.17) is 75.8 Å². The topological polar surface area (TPSA) is 714 Å². The molecule has 0 aromatic carbocycles. The average Bonchev–Trinajstić information content (AvgIpc) is 1.62. The molecule has 0 radical (unpaired) electrons. The van der Waals surface area contributed by atoms with Crippen molar-refractivity contribution in [1.82, 2.24) is 0 Å². The van der Waals surface area contributed by atoms with E-state index >= 15 is 0 Å². The van der Waals surface area contributed by atoms with Gasteiger partial charge in [-0.25, -0.2) is 0 Å². The van der Waals surface area contributed by atoms with Gasteiger partial charge in [-0.15, -0.1) is 0 Å². The van der Waals surface area contributed by atoms with Crippen LogP contribution >= 0.6 is 0 Å². The molecular formula is C101H172O44. The first-order valence-electron chi connectivity index (χ1n) is 54.1. The fourth-order valence-corrected chi connectivity index (χ4v) is 30.8. The van der Waals surface area contributed by atoms with Gasteiger partial charge in [0, 0.05) is 10.8 Å². The van der Waals surface area contributed by atoms with Crippen LogP contribution in [0, 0.1) is 92.7 Å². The number of ether oxygens (including phenoxy) is 16. The van der Waals surface area contributed by atoms with Crippen molar-refractivity contribution in [3.8, 4) is 0 Å². The third-order valence-corrected chi connectivity index (χ3v) is 39.3. The normalized spacial score (nSPS) is 53.2. The third-order valence-electron chi connectivity index (χ3n) is 39.3. The maximum Gasteiger partial charge on any atom is 0.187 e. The Morgan fingerprint density at radius 1 is 0.234 bits per heavy atom. The molecule has 145 heavy (non-hydrogen) atoms. The molecule has 840 valence electrons. The summed E-state index contributed by atoms with van der Waals surface area (Å²) in [7, 11) is 0. The predicted octanol–water partition coefficient (Wildman–Crippen LogP) is -4.88. The Balaban J connectivity index is 0.536. The maximum absolute atomic E-state index is 12.2. The second kappa shape index (κ2) is 48.8. The van der Waals surface area contributed by atoms with Crippen LogP contribution in [0.5, 0.6) is 0 Å². The van der Waals surface area contributed by atoms with Crippen molar-refractivity contribution < 1.29 is 219 Å². The van der Waals surface area contributed by atoms with Gasteiger partial charge in [-0.2, -0.15) is 0 Å². The highest BCUT2D eigenvalue weighted by atomic mass is 16.8. The van der Waals surface area contributed by atoms with E-state index in [9.17, 15) is 143 Å². The Bertz CT molecular complexity index is 3720. The number of fused-ring (bicyclic) bond motifs is 10. The van der Waals surface area contributed by atoms with Crippen LogP contribution in [0.3, 0.4) is 0 Å². The molecule has 0 aromatic rings. The molecule has 16 fully saturated rings. The molecule has 28 N–H and O–H groups in total. The van der Waals surface area contributed by atoms with Crippen LogP contribution in [0.1, 0.15) is 215 Å². The summed E-state index contributed by atoms with van der Waals surface area (Å²) in [5.41, 5.74) is -1.54. The lowest BCUT2D eigenvalue weighted by atomic mass is 9.43. The van der Waals surface area contributed by atoms with Crippen molar-refractivity contribution >= 4 is 0 Å². The van der Waals surface area contributed by atoms with Crippen LogP contribution in [-0.4, -0.2) is 466 Å². The van der Waals surface area contributed by atoms with E-state index in [0.717, 1.165) is 122 Å². The zero-order valence-electron chi connectivity index (χ0n) is 84.1. The van der Waals surface area contributed by atoms with E-state index < -0.39 is 334 Å². The summed E-state index contributed by atoms with van der Waals surface area (Å²) in [6.07, 6.45) is -44.0. The summed E-state index contributed by atoms with van der Waals surface area (Å²) >= 11 is 0. The summed E-state index contributed by atoms with van der Waals surface area (Å²) < 4.78 is 98.7. The monoisotopic (exact) mass is 2090 g/mol. The Hall–Kier alpha value is -1.76. The Labute approximate surface area is 845 Å². The summed E-state index contributed by atoms with van der Waals surface area (Å²) in [5, 5.41) is 305. The van der Waals surface area contributed by atoms with Gasteiger partial charge in [-0.05, 0) is 185 Å². The Morgan fingerprint density at radius 3 is 0.731 bits per heavy atom. The van der Waals surface area contributed by atoms with Crippen molar-refractivity contribution in [3.05, 3.63) is 0 Å². The number of hydrogen-bond acceptors (Lipinski definition) is 44. The highest BCUT2D eigenvalue weighted by Gasteiger charge is 2.70. The molecule has 16 rings (SSSR count). The Kier molecular flexibility index (Phi) is 38.9. The average molecular weight is 2090 g/mol. The lowest BCUT2D eigenvalue weighted by Gasteiger charge is -2.63. The standard InChI is InChI=1S/C101H172O44/c1-42(50-22-24-52-48-20-18-44-30-46(130-90-82(126)74(118)86(60(38-106)136-90)142-94-78(122)70(114)66(110)56(34-102)132-94)26-28-98(44,3)54(48)32-64(100(50,52)5)140-92-84(128)76(120)88(62(40-108)138-92)144-96-80(124)72(116)68(112)58(36-104)134-96)16-14-12-10-8-7-9-11-13-15-17-43(2)51-23-25-53-49-21-19-45-31-47(131-91-83(127)75(119)87(61(39-107)137-91)143-95-79(123)71(115)67(111)57(35-103)133-95)27-29-99(45,4)55(49)33-65(101(51,53)6)141-93-85(129)77(121)89(63(41-109)139-93)145-97-81(125)73(117)69(113)59(37-105)135-97/h42-97,102-129H,7-41H2,1-6H3/t42?,43?,44?,45?,46?,47?,48?,49?,50?,51?,52?,53?,54?,55?,56?,57?,58?,59?,60?,61?,62?,63?,64?,65?,66-,67+,68-,69+,70?,71?,72?,73?,74?,75?,76?,77?,78+,79-,80+,81-,82+,83-,84+,85-,86-,87+,88-,89+,90-,91+,92+,93-,94-,95+,96-,97+,98?,99?,100?,101?. The molecule has 0 aromatic heterocycles. The minimum Gasteiger partial charge on any atom is -0.394 e. The van der Waals surface area contributed by atoms with E-state index in [-0.39, 0.29) is 81.8 Å². The van der Waals surface area contributed by atoms with E-state index in [2.05, 4.69) is 41.5 Å². The maximum atomic E-state index is 12.2. The number of aliphatic hydroxyl groups excluding tert-OH is 28. The van der Waals surface area contributed by atoms with Crippen LogP contribution in [0.2, 0.25) is 0 Å². The molecule has 16 aliphatic rings. The molecule has 8 saturated heterocycles. The molecule has 44 nitrogen and oxygen atoms in total. The number of unbranched alkanes of at least 4 members (excludes halogenated alkanes) is 8. The van der Waals surface area contributed by atoms with Gasteiger partial charge in [0.1, 0.15) is 195 Å². The first kappa shape index (κ1) is 116. The number of aliphatic hydroxyl groups is 28. The van der Waals surface area contributed by atoms with Gasteiger partial charge in [0.25, 0.3) is 0 Å². The highest BCUT2D eigenvalue weighted by molar-refractivity contribution is 5.17. The van der Waals surface area contributed by atoms with Crippen LogP contribution < -0.4 is 0 Å². The fourth-order valence-electron chi connectivity index (χ4n) is 30.8. The molecule has 8 saturated carbocycles. The zero-order valence-corrected chi connectivity index (χ0v) is 84.1. The van der Waals surface area contributed by atoms with Gasteiger partial charge in [0.05, 0.1) is 77.3 Å².